The Balaban J connectivity index is 1.11. The van der Waals surface area contributed by atoms with Crippen molar-refractivity contribution in [3.05, 3.63) is 64.7 Å². The lowest BCUT2D eigenvalue weighted by molar-refractivity contribution is -0.146. The minimum absolute atomic E-state index is 0.00945. The number of ether oxygens (including phenoxy) is 1. The summed E-state index contributed by atoms with van der Waals surface area (Å²) in [6, 6.07) is 14.7. The predicted molar refractivity (Wildman–Crippen MR) is 177 cm³/mol. The van der Waals surface area contributed by atoms with E-state index in [0.29, 0.717) is 38.0 Å². The largest absolute Gasteiger partial charge is 0.478 e. The maximum Gasteiger partial charge on any atom is 0.266 e. The summed E-state index contributed by atoms with van der Waals surface area (Å²) >= 11 is 6.78. The number of halogens is 1. The molecule has 1 saturated carbocycles. The van der Waals surface area contributed by atoms with Crippen molar-refractivity contribution in [2.45, 2.75) is 83.4 Å². The van der Waals surface area contributed by atoms with Gasteiger partial charge in [0.05, 0.1) is 5.92 Å². The van der Waals surface area contributed by atoms with Crippen molar-refractivity contribution in [3.8, 4) is 5.75 Å². The van der Waals surface area contributed by atoms with Crippen LogP contribution in [-0.2, 0) is 16.1 Å². The number of hydrogen-bond donors (Lipinski definition) is 1. The molecule has 0 aromatic heterocycles. The quantitative estimate of drug-likeness (QED) is 0.358. The Morgan fingerprint density at radius 1 is 1.02 bits per heavy atom. The second-order valence-corrected chi connectivity index (χ2v) is 13.8. The highest BCUT2D eigenvalue weighted by Crippen LogP contribution is 2.36. The van der Waals surface area contributed by atoms with Crippen molar-refractivity contribution in [1.82, 2.24) is 15.1 Å². The predicted octanol–water partition coefficient (Wildman–Crippen LogP) is 6.29. The van der Waals surface area contributed by atoms with Crippen molar-refractivity contribution >= 4 is 34.7 Å². The maximum absolute atomic E-state index is 14.0. The maximum atomic E-state index is 14.0. The number of carbonyl (C=O) groups is 2. The van der Waals surface area contributed by atoms with Gasteiger partial charge in [0.15, 0.2) is 5.60 Å². The van der Waals surface area contributed by atoms with Gasteiger partial charge < -0.3 is 24.8 Å². The first-order valence-electron chi connectivity index (χ1n) is 16.6. The fourth-order valence-electron chi connectivity index (χ4n) is 6.95. The molecule has 7 nitrogen and oxygen atoms in total. The zero-order valence-corrected chi connectivity index (χ0v) is 27.1. The fraction of sp³-hybridized carbons (Fsp3) is 0.556. The minimum atomic E-state index is -0.963. The van der Waals surface area contributed by atoms with Gasteiger partial charge in [-0.05, 0) is 100 Å². The fourth-order valence-corrected chi connectivity index (χ4v) is 7.27. The van der Waals surface area contributed by atoms with Crippen LogP contribution < -0.4 is 15.0 Å². The Kier molecular flexibility index (Phi) is 9.53. The molecule has 2 aliphatic carbocycles. The Morgan fingerprint density at radius 3 is 2.57 bits per heavy atom. The van der Waals surface area contributed by atoms with Crippen LogP contribution in [0.15, 0.2) is 48.5 Å². The van der Waals surface area contributed by atoms with Crippen molar-refractivity contribution in [3.63, 3.8) is 0 Å². The number of piperidine rings is 1. The Morgan fingerprint density at radius 2 is 1.84 bits per heavy atom. The molecule has 2 amide bonds. The molecular weight excluding hydrogens is 572 g/mol. The number of nitrogens with zero attached hydrogens (tertiary/aromatic N) is 3. The van der Waals surface area contributed by atoms with E-state index >= 15 is 0 Å². The molecule has 2 aliphatic heterocycles. The van der Waals surface area contributed by atoms with E-state index in [1.165, 1.54) is 18.4 Å². The standard InChI is InChI=1S/C36H47ClN4O3/c1-36(2,35(43)39-20-17-38-18-21-39)44-31-12-6-11-30(23-31)40-19-7-10-28(25-40)34(42)41(29-14-15-29)24-26-13-16-32(33(37)22-26)27-8-4-3-5-9-27/h6,8,11-13,16,22-23,28-29,38H,3-5,7,9-10,14-15,17-21,24-25H2,1-2H3/t28-/m1/s1. The molecule has 2 aromatic rings. The molecule has 44 heavy (non-hydrogen) atoms. The highest BCUT2D eigenvalue weighted by atomic mass is 35.5. The highest BCUT2D eigenvalue weighted by Gasteiger charge is 2.38. The molecule has 8 heteroatoms. The first-order chi connectivity index (χ1) is 21.3. The molecule has 2 saturated heterocycles. The van der Waals surface area contributed by atoms with Crippen molar-refractivity contribution in [1.29, 1.82) is 0 Å². The van der Waals surface area contributed by atoms with E-state index in [-0.39, 0.29) is 17.7 Å². The van der Waals surface area contributed by atoms with Gasteiger partial charge in [-0.25, -0.2) is 0 Å². The number of allylic oxidation sites excluding steroid dienone is 2. The number of hydrogen-bond acceptors (Lipinski definition) is 5. The number of rotatable bonds is 9. The van der Waals surface area contributed by atoms with Gasteiger partial charge >= 0.3 is 0 Å². The van der Waals surface area contributed by atoms with E-state index in [0.717, 1.165) is 80.0 Å². The lowest BCUT2D eigenvalue weighted by atomic mass is 9.93. The Labute approximate surface area is 267 Å². The second-order valence-electron chi connectivity index (χ2n) is 13.4. The molecule has 6 rings (SSSR count). The minimum Gasteiger partial charge on any atom is -0.478 e. The smallest absolute Gasteiger partial charge is 0.266 e. The molecule has 1 N–H and O–H groups in total. The van der Waals surface area contributed by atoms with E-state index in [9.17, 15) is 9.59 Å². The molecule has 3 fully saturated rings. The second kappa shape index (κ2) is 13.5. The molecule has 2 aromatic carbocycles. The third-order valence-corrected chi connectivity index (χ3v) is 9.85. The van der Waals surface area contributed by atoms with Crippen molar-refractivity contribution < 1.29 is 14.3 Å². The monoisotopic (exact) mass is 618 g/mol. The zero-order valence-electron chi connectivity index (χ0n) is 26.3. The summed E-state index contributed by atoms with van der Waals surface area (Å²) in [7, 11) is 0. The number of piperazine rings is 1. The molecule has 0 unspecified atom stereocenters. The third kappa shape index (κ3) is 7.26. The first kappa shape index (κ1) is 31.0. The van der Waals surface area contributed by atoms with Gasteiger partial charge in [-0.15, -0.1) is 0 Å². The summed E-state index contributed by atoms with van der Waals surface area (Å²) in [4.78, 5) is 33.5. The van der Waals surface area contributed by atoms with Crippen molar-refractivity contribution in [2.75, 3.05) is 44.2 Å². The zero-order chi connectivity index (χ0) is 30.7. The number of carbonyl (C=O) groups excluding carboxylic acids is 2. The number of benzene rings is 2. The lowest BCUT2D eigenvalue weighted by Gasteiger charge is -2.37. The van der Waals surface area contributed by atoms with Crippen LogP contribution in [0.4, 0.5) is 5.69 Å². The number of nitrogens with one attached hydrogen (secondary N) is 1. The van der Waals surface area contributed by atoms with Gasteiger partial charge in [0.25, 0.3) is 5.91 Å². The third-order valence-electron chi connectivity index (χ3n) is 9.54. The van der Waals surface area contributed by atoms with Crippen LogP contribution in [0.2, 0.25) is 5.02 Å². The van der Waals surface area contributed by atoms with E-state index < -0.39 is 5.60 Å². The highest BCUT2D eigenvalue weighted by molar-refractivity contribution is 6.32. The summed E-state index contributed by atoms with van der Waals surface area (Å²) in [6.07, 6.45) is 11.0. The molecule has 2 heterocycles. The number of anilines is 1. The summed E-state index contributed by atoms with van der Waals surface area (Å²) < 4.78 is 6.30. The van der Waals surface area contributed by atoms with E-state index in [1.807, 2.05) is 36.9 Å². The van der Waals surface area contributed by atoms with Gasteiger partial charge in [-0.3, -0.25) is 9.59 Å². The van der Waals surface area contributed by atoms with E-state index in [4.69, 9.17) is 16.3 Å². The summed E-state index contributed by atoms with van der Waals surface area (Å²) in [6.45, 7) is 8.90. The first-order valence-corrected chi connectivity index (χ1v) is 17.0. The molecular formula is C36H47ClN4O3. The lowest BCUT2D eigenvalue weighted by Crippen LogP contribution is -2.54. The normalized spacial score (nSPS) is 21.1. The molecule has 4 aliphatic rings. The van der Waals surface area contributed by atoms with Gasteiger partial charge in [-0.1, -0.05) is 35.9 Å². The molecule has 0 bridgehead atoms. The van der Waals surface area contributed by atoms with Crippen LogP contribution in [-0.4, -0.2) is 72.5 Å². The van der Waals surface area contributed by atoms with E-state index in [2.05, 4.69) is 45.5 Å². The average molecular weight is 619 g/mol. The summed E-state index contributed by atoms with van der Waals surface area (Å²) in [5.41, 5.74) is 3.67. The van der Waals surface area contributed by atoms with Crippen LogP contribution in [0.3, 0.4) is 0 Å². The van der Waals surface area contributed by atoms with Crippen LogP contribution in [0.5, 0.6) is 5.75 Å². The molecule has 0 spiro atoms. The average Bonchev–Trinajstić information content (AvgIpc) is 3.89. The Bertz CT molecular complexity index is 1380. The van der Waals surface area contributed by atoms with Gasteiger partial charge in [0.2, 0.25) is 5.91 Å². The molecule has 1 atom stereocenters. The number of amides is 2. The molecule has 236 valence electrons. The van der Waals surface area contributed by atoms with Crippen LogP contribution in [0.25, 0.3) is 5.57 Å². The van der Waals surface area contributed by atoms with E-state index in [1.54, 1.807) is 0 Å². The topological polar surface area (TPSA) is 65.1 Å². The molecule has 0 radical (unpaired) electrons. The van der Waals surface area contributed by atoms with Crippen LogP contribution in [0, 0.1) is 5.92 Å². The van der Waals surface area contributed by atoms with Crippen LogP contribution >= 0.6 is 11.6 Å². The summed E-state index contributed by atoms with van der Waals surface area (Å²) in [5.74, 6) is 0.882. The van der Waals surface area contributed by atoms with Gasteiger partial charge in [0, 0.05) is 68.6 Å². The van der Waals surface area contributed by atoms with Crippen molar-refractivity contribution in [2.24, 2.45) is 5.92 Å². The Hall–Kier alpha value is -3.03. The van der Waals surface area contributed by atoms with Crippen LogP contribution in [0.1, 0.15) is 76.3 Å². The van der Waals surface area contributed by atoms with Gasteiger partial charge in [0.1, 0.15) is 5.75 Å². The SMILES string of the molecule is CC(C)(Oc1cccc(N2CCC[C@@H](C(=O)N(Cc3ccc(C4=CCCCC4)c(Cl)c3)C3CC3)C2)c1)C(=O)N1CCNCC1. The van der Waals surface area contributed by atoms with Gasteiger partial charge in [-0.2, -0.15) is 0 Å². The summed E-state index contributed by atoms with van der Waals surface area (Å²) in [5, 5.41) is 4.09.